The Bertz CT molecular complexity index is 1140. The summed E-state index contributed by atoms with van der Waals surface area (Å²) in [7, 11) is 0. The van der Waals surface area contributed by atoms with Crippen LogP contribution in [-0.2, 0) is 32.0 Å². The van der Waals surface area contributed by atoms with E-state index in [2.05, 4.69) is 30.9 Å². The Balaban J connectivity index is 2.21. The van der Waals surface area contributed by atoms with Crippen LogP contribution in [0.5, 0.6) is 0 Å². The molecular formula is C25H37N9O6. The van der Waals surface area contributed by atoms with E-state index in [1.165, 1.54) is 19.4 Å². The van der Waals surface area contributed by atoms with E-state index in [0.29, 0.717) is 17.7 Å². The first-order valence-corrected chi connectivity index (χ1v) is 12.6. The number of amides is 3. The van der Waals surface area contributed by atoms with E-state index in [1.54, 1.807) is 30.3 Å². The average molecular weight is 560 g/mol. The summed E-state index contributed by atoms with van der Waals surface area (Å²) in [5, 5.41) is 26.7. The molecule has 218 valence electrons. The summed E-state index contributed by atoms with van der Waals surface area (Å²) in [6.07, 6.45) is 2.19. The number of nitrogens with zero attached hydrogens (tertiary/aromatic N) is 2. The molecule has 2 rings (SSSR count). The number of benzene rings is 1. The third-order valence-electron chi connectivity index (χ3n) is 5.88. The highest BCUT2D eigenvalue weighted by molar-refractivity contribution is 5.94. The van der Waals surface area contributed by atoms with Gasteiger partial charge in [-0.3, -0.25) is 19.4 Å². The number of hydrogen-bond acceptors (Lipinski definition) is 8. The van der Waals surface area contributed by atoms with Crippen LogP contribution >= 0.6 is 0 Å². The van der Waals surface area contributed by atoms with E-state index < -0.39 is 54.0 Å². The van der Waals surface area contributed by atoms with Crippen LogP contribution in [0.25, 0.3) is 0 Å². The second-order valence-electron chi connectivity index (χ2n) is 9.21. The maximum Gasteiger partial charge on any atom is 0.328 e. The number of aliphatic hydroxyl groups is 1. The molecule has 2 aromatic rings. The molecule has 1 aromatic heterocycles. The van der Waals surface area contributed by atoms with Crippen LogP contribution in [0.15, 0.2) is 47.8 Å². The molecular weight excluding hydrogens is 522 g/mol. The number of nitrogens with two attached hydrogens (primary N) is 3. The summed E-state index contributed by atoms with van der Waals surface area (Å²) in [5.41, 5.74) is 17.8. The molecule has 0 saturated heterocycles. The van der Waals surface area contributed by atoms with Crippen molar-refractivity contribution in [3.63, 3.8) is 0 Å². The number of carboxylic acid groups (broad SMARTS) is 1. The van der Waals surface area contributed by atoms with Crippen LogP contribution in [0.4, 0.5) is 0 Å². The summed E-state index contributed by atoms with van der Waals surface area (Å²) in [5.74, 6) is -3.66. The highest BCUT2D eigenvalue weighted by Crippen LogP contribution is 2.07. The fourth-order valence-electron chi connectivity index (χ4n) is 3.73. The molecule has 0 aliphatic heterocycles. The lowest BCUT2D eigenvalue weighted by atomic mass is 10.0. The highest BCUT2D eigenvalue weighted by Gasteiger charge is 2.32. The summed E-state index contributed by atoms with van der Waals surface area (Å²) < 4.78 is 0. The first-order valence-electron chi connectivity index (χ1n) is 12.6. The minimum absolute atomic E-state index is 0.00337. The lowest BCUT2D eigenvalue weighted by Crippen LogP contribution is -2.59. The molecule has 12 N–H and O–H groups in total. The van der Waals surface area contributed by atoms with Crippen molar-refractivity contribution in [1.29, 1.82) is 0 Å². The zero-order valence-corrected chi connectivity index (χ0v) is 22.1. The fraction of sp³-hybridized carbons (Fsp3) is 0.440. The van der Waals surface area contributed by atoms with Crippen molar-refractivity contribution in [2.24, 2.45) is 22.2 Å². The standard InChI is InChI=1S/C25H37N9O6/c1-14(35)20(24(39)40)34-23(38)18(10-15-6-3-2-4-7-15)33-22(37)19(11-16-12-29-13-31-16)32-21(36)17(26)8-5-9-30-25(27)28/h2-4,6-7,12-14,17-20,35H,5,8-11,26H2,1H3,(H,29,31)(H,32,36)(H,33,37)(H,34,38)(H,39,40)(H4,27,28,30). The van der Waals surface area contributed by atoms with Crippen molar-refractivity contribution >= 4 is 29.7 Å². The van der Waals surface area contributed by atoms with Crippen LogP contribution in [0.1, 0.15) is 31.0 Å². The maximum absolute atomic E-state index is 13.4. The number of imidazole rings is 1. The van der Waals surface area contributed by atoms with Crippen LogP contribution in [0.3, 0.4) is 0 Å². The first-order chi connectivity index (χ1) is 19.0. The van der Waals surface area contributed by atoms with E-state index in [9.17, 15) is 29.4 Å². The van der Waals surface area contributed by atoms with Gasteiger partial charge in [0.25, 0.3) is 0 Å². The van der Waals surface area contributed by atoms with E-state index in [0.717, 1.165) is 0 Å². The van der Waals surface area contributed by atoms with Gasteiger partial charge in [-0.15, -0.1) is 0 Å². The number of aliphatic hydroxyl groups excluding tert-OH is 1. The van der Waals surface area contributed by atoms with Crippen molar-refractivity contribution in [3.05, 3.63) is 54.1 Å². The van der Waals surface area contributed by atoms with Gasteiger partial charge in [-0.2, -0.15) is 0 Å². The van der Waals surface area contributed by atoms with Gasteiger partial charge in [0.15, 0.2) is 12.0 Å². The predicted molar refractivity (Wildman–Crippen MR) is 145 cm³/mol. The van der Waals surface area contributed by atoms with E-state index in [-0.39, 0.29) is 31.8 Å². The Morgan fingerprint density at radius 3 is 2.20 bits per heavy atom. The monoisotopic (exact) mass is 559 g/mol. The predicted octanol–water partition coefficient (Wildman–Crippen LogP) is -2.50. The van der Waals surface area contributed by atoms with Crippen molar-refractivity contribution in [3.8, 4) is 0 Å². The van der Waals surface area contributed by atoms with Crippen molar-refractivity contribution < 1.29 is 29.4 Å². The van der Waals surface area contributed by atoms with E-state index in [1.807, 2.05) is 0 Å². The zero-order valence-electron chi connectivity index (χ0n) is 22.1. The molecule has 15 nitrogen and oxygen atoms in total. The number of H-pyrrole nitrogens is 1. The molecule has 0 aliphatic carbocycles. The minimum Gasteiger partial charge on any atom is -0.480 e. The van der Waals surface area contributed by atoms with Crippen molar-refractivity contribution in [1.82, 2.24) is 25.9 Å². The lowest BCUT2D eigenvalue weighted by Gasteiger charge is -2.26. The number of rotatable bonds is 16. The number of aromatic nitrogens is 2. The molecule has 5 unspecified atom stereocenters. The molecule has 0 saturated carbocycles. The molecule has 1 aromatic carbocycles. The molecule has 0 radical (unpaired) electrons. The zero-order chi connectivity index (χ0) is 29.7. The number of aliphatic imine (C=N–C) groups is 1. The summed E-state index contributed by atoms with van der Waals surface area (Å²) >= 11 is 0. The molecule has 0 fully saturated rings. The highest BCUT2D eigenvalue weighted by atomic mass is 16.4. The Morgan fingerprint density at radius 2 is 1.62 bits per heavy atom. The van der Waals surface area contributed by atoms with Gasteiger partial charge in [0.2, 0.25) is 17.7 Å². The second kappa shape index (κ2) is 15.8. The van der Waals surface area contributed by atoms with Crippen LogP contribution in [0.2, 0.25) is 0 Å². The number of aliphatic carboxylic acids is 1. The first kappa shape index (κ1) is 31.7. The quantitative estimate of drug-likeness (QED) is 0.0592. The number of carbonyl (C=O) groups excluding carboxylic acids is 3. The number of carboxylic acids is 1. The third-order valence-corrected chi connectivity index (χ3v) is 5.88. The lowest BCUT2D eigenvalue weighted by molar-refractivity contribution is -0.145. The van der Waals surface area contributed by atoms with Gasteiger partial charge in [0.05, 0.1) is 18.5 Å². The van der Waals surface area contributed by atoms with Crippen molar-refractivity contribution in [2.45, 2.75) is 62.9 Å². The number of aromatic amines is 1. The smallest absolute Gasteiger partial charge is 0.328 e. The molecule has 0 spiro atoms. The third kappa shape index (κ3) is 10.7. The summed E-state index contributed by atoms with van der Waals surface area (Å²) in [6.45, 7) is 1.50. The molecule has 15 heteroatoms. The Morgan fingerprint density at radius 1 is 1.00 bits per heavy atom. The number of nitrogens with one attached hydrogen (secondary N) is 4. The molecule has 40 heavy (non-hydrogen) atoms. The SMILES string of the molecule is CC(O)C(NC(=O)C(Cc1ccccc1)NC(=O)C(Cc1cnc[nH]1)NC(=O)C(N)CCCN=C(N)N)C(=O)O. The normalized spacial score (nSPS) is 14.6. The molecule has 5 atom stereocenters. The van der Waals surface area contributed by atoms with Crippen LogP contribution < -0.4 is 33.2 Å². The number of carbonyl (C=O) groups is 4. The molecule has 3 amide bonds. The Hall–Kier alpha value is -4.50. The molecule has 0 aliphatic rings. The van der Waals surface area contributed by atoms with Crippen molar-refractivity contribution in [2.75, 3.05) is 6.54 Å². The maximum atomic E-state index is 13.4. The van der Waals surface area contributed by atoms with Gasteiger partial charge in [-0.25, -0.2) is 9.78 Å². The number of guanidine groups is 1. The van der Waals surface area contributed by atoms with Gasteiger partial charge in [-0.1, -0.05) is 30.3 Å². The minimum atomic E-state index is -1.60. The van der Waals surface area contributed by atoms with E-state index >= 15 is 0 Å². The Kier molecular flexibility index (Phi) is 12.5. The summed E-state index contributed by atoms with van der Waals surface area (Å²) in [4.78, 5) is 61.5. The van der Waals surface area contributed by atoms with Crippen LogP contribution in [-0.4, -0.2) is 86.6 Å². The van der Waals surface area contributed by atoms with E-state index in [4.69, 9.17) is 17.2 Å². The topological polar surface area (TPSA) is 264 Å². The molecule has 1 heterocycles. The summed E-state index contributed by atoms with van der Waals surface area (Å²) in [6, 6.07) is 3.80. The van der Waals surface area contributed by atoms with Gasteiger partial charge < -0.3 is 48.3 Å². The molecule has 0 bridgehead atoms. The van der Waals surface area contributed by atoms with Gasteiger partial charge in [-0.05, 0) is 25.3 Å². The van der Waals surface area contributed by atoms with Gasteiger partial charge >= 0.3 is 5.97 Å². The van der Waals surface area contributed by atoms with Gasteiger partial charge in [0.1, 0.15) is 12.1 Å². The van der Waals surface area contributed by atoms with Gasteiger partial charge in [0, 0.05) is 31.3 Å². The Labute approximate surface area is 231 Å². The largest absolute Gasteiger partial charge is 0.480 e. The van der Waals surface area contributed by atoms with Crippen LogP contribution in [0, 0.1) is 0 Å². The fourth-order valence-corrected chi connectivity index (χ4v) is 3.73. The second-order valence-corrected chi connectivity index (χ2v) is 9.21. The number of hydrogen-bond donors (Lipinski definition) is 9. The average Bonchev–Trinajstić information content (AvgIpc) is 3.41.